The molecule has 1 aromatic rings. The van der Waals surface area contributed by atoms with Crippen molar-refractivity contribution < 1.29 is 9.90 Å². The lowest BCUT2D eigenvalue weighted by molar-refractivity contribution is -0.137. The molecule has 1 aromatic heterocycles. The maximum absolute atomic E-state index is 10.5. The maximum Gasteiger partial charge on any atom is 0.305 e. The number of nitrogens with two attached hydrogens (primary N) is 1. The van der Waals surface area contributed by atoms with E-state index in [0.717, 1.165) is 24.2 Å². The molecule has 5 nitrogen and oxygen atoms in total. The summed E-state index contributed by atoms with van der Waals surface area (Å²) >= 11 is 0. The molecule has 0 amide bonds. The van der Waals surface area contributed by atoms with Crippen LogP contribution >= 0.6 is 0 Å². The van der Waals surface area contributed by atoms with Crippen LogP contribution in [0, 0.1) is 0 Å². The van der Waals surface area contributed by atoms with Crippen molar-refractivity contribution in [1.82, 2.24) is 9.78 Å². The second-order valence-corrected chi connectivity index (χ2v) is 3.38. The van der Waals surface area contributed by atoms with Crippen LogP contribution in [0.2, 0.25) is 0 Å². The molecule has 5 heteroatoms. The molecule has 0 atom stereocenters. The van der Waals surface area contributed by atoms with E-state index < -0.39 is 5.97 Å². The molecular formula is C10H17N3O2. The van der Waals surface area contributed by atoms with Crippen molar-refractivity contribution in [3.05, 3.63) is 11.4 Å². The third-order valence-corrected chi connectivity index (χ3v) is 2.38. The highest BCUT2D eigenvalue weighted by molar-refractivity contribution is 5.66. The molecule has 0 aliphatic rings. The van der Waals surface area contributed by atoms with E-state index in [9.17, 15) is 4.79 Å². The van der Waals surface area contributed by atoms with Crippen molar-refractivity contribution >= 4 is 11.7 Å². The van der Waals surface area contributed by atoms with Crippen molar-refractivity contribution in [1.29, 1.82) is 0 Å². The van der Waals surface area contributed by atoms with Crippen molar-refractivity contribution in [2.24, 2.45) is 0 Å². The predicted octanol–water partition coefficient (Wildman–Crippen LogP) is 1.06. The molecule has 84 valence electrons. The van der Waals surface area contributed by atoms with Crippen LogP contribution in [0.5, 0.6) is 0 Å². The first kappa shape index (κ1) is 11.6. The molecule has 0 aromatic carbocycles. The molecule has 0 unspecified atom stereocenters. The van der Waals surface area contributed by atoms with Crippen molar-refractivity contribution in [3.8, 4) is 0 Å². The summed E-state index contributed by atoms with van der Waals surface area (Å²) in [7, 11) is 0. The number of anilines is 1. The van der Waals surface area contributed by atoms with Gasteiger partial charge in [0, 0.05) is 0 Å². The third kappa shape index (κ3) is 2.49. The molecule has 0 aliphatic heterocycles. The molecule has 0 spiro atoms. The minimum absolute atomic E-state index is 0.0806. The fourth-order valence-corrected chi connectivity index (χ4v) is 1.59. The van der Waals surface area contributed by atoms with Crippen molar-refractivity contribution in [3.63, 3.8) is 0 Å². The number of carbonyl (C=O) groups is 1. The second kappa shape index (κ2) is 4.82. The lowest BCUT2D eigenvalue weighted by Crippen LogP contribution is -2.09. The first-order chi connectivity index (χ1) is 7.10. The van der Waals surface area contributed by atoms with Crippen molar-refractivity contribution in [2.75, 3.05) is 5.73 Å². The topological polar surface area (TPSA) is 81.1 Å². The van der Waals surface area contributed by atoms with E-state index in [2.05, 4.69) is 5.10 Å². The number of hydrogen-bond donors (Lipinski definition) is 2. The van der Waals surface area contributed by atoms with Crippen LogP contribution in [0.25, 0.3) is 0 Å². The zero-order chi connectivity index (χ0) is 11.4. The highest BCUT2D eigenvalue weighted by Crippen LogP contribution is 2.18. The highest BCUT2D eigenvalue weighted by atomic mass is 16.4. The number of aromatic nitrogens is 2. The highest BCUT2D eigenvalue weighted by Gasteiger charge is 2.12. The maximum atomic E-state index is 10.5. The van der Waals surface area contributed by atoms with E-state index in [1.54, 1.807) is 4.68 Å². The molecule has 15 heavy (non-hydrogen) atoms. The summed E-state index contributed by atoms with van der Waals surface area (Å²) in [5.41, 5.74) is 8.41. The van der Waals surface area contributed by atoms with Crippen LogP contribution in [0.4, 0.5) is 5.69 Å². The standard InChI is InChI=1S/C10H17N3O2/c1-3-7-10(11)8(4-2)13(12-7)6-5-9(14)15/h3-6,11H2,1-2H3,(H,14,15). The van der Waals surface area contributed by atoms with Gasteiger partial charge in [-0.3, -0.25) is 9.48 Å². The Morgan fingerprint density at radius 1 is 1.47 bits per heavy atom. The molecule has 1 heterocycles. The Morgan fingerprint density at radius 3 is 2.60 bits per heavy atom. The minimum atomic E-state index is -0.816. The average Bonchev–Trinajstić information content (AvgIpc) is 2.51. The molecule has 0 saturated carbocycles. The molecule has 0 fully saturated rings. The SMILES string of the molecule is CCc1nn(CCC(=O)O)c(CC)c1N. The normalized spacial score (nSPS) is 10.5. The second-order valence-electron chi connectivity index (χ2n) is 3.38. The van der Waals surface area contributed by atoms with Crippen LogP contribution in [0.3, 0.4) is 0 Å². The summed E-state index contributed by atoms with van der Waals surface area (Å²) in [6.45, 7) is 4.37. The fourth-order valence-electron chi connectivity index (χ4n) is 1.59. The van der Waals surface area contributed by atoms with Gasteiger partial charge in [0.1, 0.15) is 0 Å². The number of carboxylic acids is 1. The van der Waals surface area contributed by atoms with Gasteiger partial charge in [-0.1, -0.05) is 13.8 Å². The molecular weight excluding hydrogens is 194 g/mol. The van der Waals surface area contributed by atoms with Gasteiger partial charge in [-0.05, 0) is 12.8 Å². The van der Waals surface area contributed by atoms with Crippen molar-refractivity contribution in [2.45, 2.75) is 39.7 Å². The third-order valence-electron chi connectivity index (χ3n) is 2.38. The Labute approximate surface area is 88.9 Å². The first-order valence-corrected chi connectivity index (χ1v) is 5.15. The van der Waals surface area contributed by atoms with Crippen LogP contribution in [-0.2, 0) is 24.2 Å². The number of nitrogen functional groups attached to an aromatic ring is 1. The molecule has 0 bridgehead atoms. The van der Waals surface area contributed by atoms with Gasteiger partial charge in [-0.2, -0.15) is 5.10 Å². The van der Waals surface area contributed by atoms with E-state index >= 15 is 0 Å². The summed E-state index contributed by atoms with van der Waals surface area (Å²) in [4.78, 5) is 10.5. The Kier molecular flexibility index (Phi) is 3.71. The van der Waals surface area contributed by atoms with E-state index in [1.807, 2.05) is 13.8 Å². The first-order valence-electron chi connectivity index (χ1n) is 5.15. The number of carboxylic acid groups (broad SMARTS) is 1. The van der Waals surface area contributed by atoms with Gasteiger partial charge in [0.05, 0.1) is 30.0 Å². The number of aryl methyl sites for hydroxylation is 2. The van der Waals surface area contributed by atoms with Gasteiger partial charge in [-0.15, -0.1) is 0 Å². The fraction of sp³-hybridized carbons (Fsp3) is 0.600. The lowest BCUT2D eigenvalue weighted by Gasteiger charge is -2.03. The van der Waals surface area contributed by atoms with E-state index in [0.29, 0.717) is 12.2 Å². The van der Waals surface area contributed by atoms with Gasteiger partial charge in [0.25, 0.3) is 0 Å². The van der Waals surface area contributed by atoms with E-state index in [-0.39, 0.29) is 6.42 Å². The average molecular weight is 211 g/mol. The monoisotopic (exact) mass is 211 g/mol. The Morgan fingerprint density at radius 2 is 2.13 bits per heavy atom. The molecule has 0 saturated heterocycles. The van der Waals surface area contributed by atoms with E-state index in [4.69, 9.17) is 10.8 Å². The number of aliphatic carboxylic acids is 1. The van der Waals surface area contributed by atoms with Gasteiger partial charge in [-0.25, -0.2) is 0 Å². The van der Waals surface area contributed by atoms with Crippen LogP contribution < -0.4 is 5.73 Å². The van der Waals surface area contributed by atoms with Gasteiger partial charge >= 0.3 is 5.97 Å². The lowest BCUT2D eigenvalue weighted by atomic mass is 10.2. The largest absolute Gasteiger partial charge is 0.481 e. The van der Waals surface area contributed by atoms with Gasteiger partial charge < -0.3 is 10.8 Å². The molecule has 1 rings (SSSR count). The van der Waals surface area contributed by atoms with Gasteiger partial charge in [0.2, 0.25) is 0 Å². The van der Waals surface area contributed by atoms with Crippen LogP contribution in [0.1, 0.15) is 31.7 Å². The van der Waals surface area contributed by atoms with Crippen LogP contribution in [-0.4, -0.2) is 20.9 Å². The summed E-state index contributed by atoms with van der Waals surface area (Å²) in [6.07, 6.45) is 1.63. The summed E-state index contributed by atoms with van der Waals surface area (Å²) in [6, 6.07) is 0. The smallest absolute Gasteiger partial charge is 0.305 e. The van der Waals surface area contributed by atoms with E-state index in [1.165, 1.54) is 0 Å². The Hall–Kier alpha value is -1.52. The summed E-state index contributed by atoms with van der Waals surface area (Å²) in [5.74, 6) is -0.816. The Bertz CT molecular complexity index is 358. The number of hydrogen-bond acceptors (Lipinski definition) is 3. The zero-order valence-corrected chi connectivity index (χ0v) is 9.16. The zero-order valence-electron chi connectivity index (χ0n) is 9.16. The summed E-state index contributed by atoms with van der Waals surface area (Å²) < 4.78 is 1.71. The van der Waals surface area contributed by atoms with Gasteiger partial charge in [0.15, 0.2) is 0 Å². The Balaban J connectivity index is 2.90. The molecule has 0 aliphatic carbocycles. The number of rotatable bonds is 5. The quantitative estimate of drug-likeness (QED) is 0.763. The molecule has 0 radical (unpaired) electrons. The van der Waals surface area contributed by atoms with Crippen LogP contribution in [0.15, 0.2) is 0 Å². The summed E-state index contributed by atoms with van der Waals surface area (Å²) in [5, 5.41) is 12.9. The number of nitrogens with zero attached hydrogens (tertiary/aromatic N) is 2. The molecule has 3 N–H and O–H groups in total. The minimum Gasteiger partial charge on any atom is -0.481 e. The predicted molar refractivity (Wildman–Crippen MR) is 57.6 cm³/mol.